The average Bonchev–Trinajstić information content (AvgIpc) is 3.14. The first kappa shape index (κ1) is 24.9. The molecule has 0 saturated carbocycles. The molecule has 1 heterocycles. The molecule has 0 aromatic heterocycles. The van der Waals surface area contributed by atoms with E-state index >= 15 is 0 Å². The number of methoxy groups -OCH3 is 1. The fraction of sp³-hybridized carbons (Fsp3) is 0.185. The molecule has 0 atom stereocenters. The van der Waals surface area contributed by atoms with Gasteiger partial charge in [0.25, 0.3) is 17.7 Å². The van der Waals surface area contributed by atoms with E-state index in [0.717, 1.165) is 17.7 Å². The Bertz CT molecular complexity index is 1290. The van der Waals surface area contributed by atoms with Crippen molar-refractivity contribution < 1.29 is 23.9 Å². The maximum absolute atomic E-state index is 12.8. The minimum absolute atomic E-state index is 0.0822. The number of carbonyl (C=O) groups excluding carboxylic acids is 3. The second-order valence-corrected chi connectivity index (χ2v) is 8.42. The number of rotatable bonds is 8. The predicted molar refractivity (Wildman–Crippen MR) is 141 cm³/mol. The van der Waals surface area contributed by atoms with E-state index in [-0.39, 0.29) is 11.0 Å². The van der Waals surface area contributed by atoms with Crippen molar-refractivity contribution in [1.82, 2.24) is 5.32 Å². The molecule has 0 saturated heterocycles. The van der Waals surface area contributed by atoms with Crippen molar-refractivity contribution in [3.05, 3.63) is 83.4 Å². The number of unbranched alkanes of at least 4 members (excludes halogenated alkanes) is 1. The lowest BCUT2D eigenvalue weighted by atomic mass is 10.1. The van der Waals surface area contributed by atoms with Crippen molar-refractivity contribution in [1.29, 1.82) is 0 Å². The number of nitrogens with zero attached hydrogens (tertiary/aromatic N) is 1. The van der Waals surface area contributed by atoms with Crippen LogP contribution >= 0.6 is 12.2 Å². The van der Waals surface area contributed by atoms with Crippen LogP contribution in [-0.2, 0) is 0 Å². The molecule has 8 nitrogen and oxygen atoms in total. The lowest BCUT2D eigenvalue weighted by molar-refractivity contribution is 0.0922. The highest BCUT2D eigenvalue weighted by Crippen LogP contribution is 2.36. The van der Waals surface area contributed by atoms with Gasteiger partial charge in [0.1, 0.15) is 11.5 Å². The lowest BCUT2D eigenvalue weighted by Gasteiger charge is -2.19. The summed E-state index contributed by atoms with van der Waals surface area (Å²) in [5.41, 5.74) is 1.94. The van der Waals surface area contributed by atoms with Gasteiger partial charge in [-0.25, -0.2) is 4.90 Å². The van der Waals surface area contributed by atoms with Gasteiger partial charge in [0.05, 0.1) is 30.5 Å². The lowest BCUT2D eigenvalue weighted by Crippen LogP contribution is -2.34. The van der Waals surface area contributed by atoms with Crippen LogP contribution in [0.25, 0.3) is 0 Å². The Morgan fingerprint density at radius 1 is 0.972 bits per heavy atom. The second kappa shape index (κ2) is 11.0. The summed E-state index contributed by atoms with van der Waals surface area (Å²) in [6.07, 6.45) is 2.01. The van der Waals surface area contributed by atoms with Crippen molar-refractivity contribution in [2.75, 3.05) is 23.9 Å². The smallest absolute Gasteiger partial charge is 0.266 e. The molecule has 3 aromatic carbocycles. The number of benzene rings is 3. The average molecular weight is 504 g/mol. The SMILES string of the molecule is CCCCOc1ccc(C(=O)NC(=S)Nc2ccc(N3C(=O)c4ccccc4C3=O)c(OC)c2)cc1. The highest BCUT2D eigenvalue weighted by Gasteiger charge is 2.37. The number of imide groups is 1. The summed E-state index contributed by atoms with van der Waals surface area (Å²) < 4.78 is 11.1. The Hall–Kier alpha value is -4.24. The summed E-state index contributed by atoms with van der Waals surface area (Å²) in [6, 6.07) is 18.3. The summed E-state index contributed by atoms with van der Waals surface area (Å²) in [5, 5.41) is 5.64. The Kier molecular flexibility index (Phi) is 7.60. The zero-order valence-electron chi connectivity index (χ0n) is 19.9. The molecular formula is C27H25N3O5S. The minimum atomic E-state index is -0.417. The third-order valence-corrected chi connectivity index (χ3v) is 5.79. The van der Waals surface area contributed by atoms with E-state index in [4.69, 9.17) is 21.7 Å². The van der Waals surface area contributed by atoms with Gasteiger partial charge in [-0.3, -0.25) is 19.7 Å². The van der Waals surface area contributed by atoms with Crippen LogP contribution in [0.5, 0.6) is 11.5 Å². The van der Waals surface area contributed by atoms with Gasteiger partial charge >= 0.3 is 0 Å². The summed E-state index contributed by atoms with van der Waals surface area (Å²) in [5.74, 6) is -0.214. The molecule has 0 spiro atoms. The quantitative estimate of drug-likeness (QED) is 0.259. The fourth-order valence-corrected chi connectivity index (χ4v) is 3.93. The van der Waals surface area contributed by atoms with Gasteiger partial charge in [-0.1, -0.05) is 25.5 Å². The predicted octanol–water partition coefficient (Wildman–Crippen LogP) is 4.80. The Labute approximate surface area is 214 Å². The molecule has 0 fully saturated rings. The minimum Gasteiger partial charge on any atom is -0.494 e. The molecule has 184 valence electrons. The standard InChI is InChI=1S/C27H25N3O5S/c1-3-4-15-35-19-12-9-17(10-13-19)24(31)29-27(36)28-18-11-14-22(23(16-18)34-2)30-25(32)20-7-5-6-8-21(20)26(30)33/h5-14,16H,3-4,15H2,1-2H3,(H2,28,29,31,36). The van der Waals surface area contributed by atoms with Gasteiger partial charge in [-0.05, 0) is 67.2 Å². The van der Waals surface area contributed by atoms with Crippen molar-refractivity contribution in [2.24, 2.45) is 0 Å². The molecular weight excluding hydrogens is 478 g/mol. The van der Waals surface area contributed by atoms with Crippen molar-refractivity contribution in [3.63, 3.8) is 0 Å². The molecule has 0 unspecified atom stereocenters. The van der Waals surface area contributed by atoms with Gasteiger partial charge in [-0.2, -0.15) is 0 Å². The number of hydrogen-bond donors (Lipinski definition) is 2. The number of fused-ring (bicyclic) bond motifs is 1. The van der Waals surface area contributed by atoms with Crippen LogP contribution < -0.4 is 25.0 Å². The number of hydrogen-bond acceptors (Lipinski definition) is 6. The first-order chi connectivity index (χ1) is 17.4. The first-order valence-electron chi connectivity index (χ1n) is 11.4. The normalized spacial score (nSPS) is 12.2. The van der Waals surface area contributed by atoms with Gasteiger partial charge in [0.15, 0.2) is 5.11 Å². The van der Waals surface area contributed by atoms with E-state index in [1.54, 1.807) is 66.7 Å². The van der Waals surface area contributed by atoms with E-state index < -0.39 is 11.8 Å². The van der Waals surface area contributed by atoms with Gasteiger partial charge < -0.3 is 14.8 Å². The maximum Gasteiger partial charge on any atom is 0.266 e. The summed E-state index contributed by atoms with van der Waals surface area (Å²) in [6.45, 7) is 2.72. The van der Waals surface area contributed by atoms with E-state index in [0.29, 0.717) is 46.2 Å². The monoisotopic (exact) mass is 503 g/mol. The van der Waals surface area contributed by atoms with Gasteiger partial charge in [-0.15, -0.1) is 0 Å². The largest absolute Gasteiger partial charge is 0.494 e. The van der Waals surface area contributed by atoms with Crippen molar-refractivity contribution in [2.45, 2.75) is 19.8 Å². The molecule has 3 aromatic rings. The molecule has 2 N–H and O–H groups in total. The van der Waals surface area contributed by atoms with E-state index in [2.05, 4.69) is 17.6 Å². The van der Waals surface area contributed by atoms with Crippen LogP contribution in [0.2, 0.25) is 0 Å². The summed E-state index contributed by atoms with van der Waals surface area (Å²) in [7, 11) is 1.44. The molecule has 4 rings (SSSR count). The van der Waals surface area contributed by atoms with Crippen LogP contribution in [0.3, 0.4) is 0 Å². The highest BCUT2D eigenvalue weighted by atomic mass is 32.1. The van der Waals surface area contributed by atoms with E-state index in [1.807, 2.05) is 0 Å². The molecule has 1 aliphatic heterocycles. The molecule has 36 heavy (non-hydrogen) atoms. The molecule has 1 aliphatic rings. The third kappa shape index (κ3) is 5.21. The summed E-state index contributed by atoms with van der Waals surface area (Å²) in [4.78, 5) is 39.3. The zero-order chi connectivity index (χ0) is 25.7. The van der Waals surface area contributed by atoms with Crippen LogP contribution in [0.4, 0.5) is 11.4 Å². The van der Waals surface area contributed by atoms with Crippen molar-refractivity contribution in [3.8, 4) is 11.5 Å². The fourth-order valence-electron chi connectivity index (χ4n) is 3.72. The first-order valence-corrected chi connectivity index (χ1v) is 11.8. The Balaban J connectivity index is 1.41. The van der Waals surface area contributed by atoms with E-state index in [9.17, 15) is 14.4 Å². The van der Waals surface area contributed by atoms with Crippen LogP contribution in [0, 0.1) is 0 Å². The second-order valence-electron chi connectivity index (χ2n) is 8.01. The topological polar surface area (TPSA) is 97.0 Å². The number of anilines is 2. The zero-order valence-corrected chi connectivity index (χ0v) is 20.7. The number of amides is 3. The molecule has 0 bridgehead atoms. The number of nitrogens with one attached hydrogen (secondary N) is 2. The summed E-state index contributed by atoms with van der Waals surface area (Å²) >= 11 is 5.29. The number of ether oxygens (including phenoxy) is 2. The van der Waals surface area contributed by atoms with E-state index in [1.165, 1.54) is 7.11 Å². The van der Waals surface area contributed by atoms with Gasteiger partial charge in [0.2, 0.25) is 0 Å². The maximum atomic E-state index is 12.8. The molecule has 0 radical (unpaired) electrons. The Morgan fingerprint density at radius 2 is 1.64 bits per heavy atom. The number of thiocarbonyl (C=S) groups is 1. The van der Waals surface area contributed by atoms with Crippen LogP contribution in [0.1, 0.15) is 50.8 Å². The van der Waals surface area contributed by atoms with Gasteiger partial charge in [0, 0.05) is 17.3 Å². The highest BCUT2D eigenvalue weighted by molar-refractivity contribution is 7.80. The molecule has 9 heteroatoms. The Morgan fingerprint density at radius 3 is 2.25 bits per heavy atom. The van der Waals surface area contributed by atoms with Crippen molar-refractivity contribution >= 4 is 46.4 Å². The molecule has 3 amide bonds. The van der Waals surface area contributed by atoms with Crippen LogP contribution in [0.15, 0.2) is 66.7 Å². The number of carbonyl (C=O) groups is 3. The molecule has 0 aliphatic carbocycles. The third-order valence-electron chi connectivity index (χ3n) is 5.58. The van der Waals surface area contributed by atoms with Crippen LogP contribution in [-0.4, -0.2) is 36.6 Å².